The fourth-order valence-electron chi connectivity index (χ4n) is 4.15. The van der Waals surface area contributed by atoms with Crippen molar-refractivity contribution in [3.05, 3.63) is 53.3 Å². The zero-order valence-electron chi connectivity index (χ0n) is 15.4. The fraction of sp³-hybridized carbons (Fsp3) is 0.476. The van der Waals surface area contributed by atoms with E-state index in [0.717, 1.165) is 48.3 Å². The smallest absolute Gasteiger partial charge is 0.256 e. The van der Waals surface area contributed by atoms with Crippen molar-refractivity contribution in [2.75, 3.05) is 13.7 Å². The number of carbonyl (C=O) groups excluding carboxylic acids is 1. The second-order valence-corrected chi connectivity index (χ2v) is 7.61. The second-order valence-electron chi connectivity index (χ2n) is 7.61. The van der Waals surface area contributed by atoms with Crippen LogP contribution in [0.5, 0.6) is 5.75 Å². The molecule has 0 radical (unpaired) electrons. The molecule has 1 aliphatic heterocycles. The van der Waals surface area contributed by atoms with Crippen molar-refractivity contribution < 1.29 is 14.6 Å². The Bertz CT molecular complexity index is 790. The van der Waals surface area contributed by atoms with Crippen LogP contribution in [0, 0.1) is 0 Å². The van der Waals surface area contributed by atoms with E-state index in [2.05, 4.69) is 4.98 Å². The lowest BCUT2D eigenvalue weighted by atomic mass is 9.86. The van der Waals surface area contributed by atoms with E-state index in [1.54, 1.807) is 7.11 Å². The highest BCUT2D eigenvalue weighted by Gasteiger charge is 2.43. The minimum absolute atomic E-state index is 0.0319. The van der Waals surface area contributed by atoms with Crippen LogP contribution in [0.1, 0.15) is 60.1 Å². The molecule has 0 spiro atoms. The van der Waals surface area contributed by atoms with E-state index in [4.69, 9.17) is 4.74 Å². The molecule has 1 aliphatic carbocycles. The molecule has 2 fully saturated rings. The lowest BCUT2D eigenvalue weighted by Gasteiger charge is -2.37. The summed E-state index contributed by atoms with van der Waals surface area (Å²) >= 11 is 0. The van der Waals surface area contributed by atoms with Gasteiger partial charge in [0.15, 0.2) is 0 Å². The highest BCUT2D eigenvalue weighted by Crippen LogP contribution is 2.42. The number of H-pyrrole nitrogens is 1. The largest absolute Gasteiger partial charge is 0.497 e. The van der Waals surface area contributed by atoms with E-state index in [1.807, 2.05) is 48.4 Å². The number of aliphatic hydroxyl groups is 1. The Morgan fingerprint density at radius 1 is 1.23 bits per heavy atom. The SMILES string of the molecule is COc1ccc(C(C)(O)C2CCCN2C(=O)c2cc[nH]c2C2CC2)cc1. The molecule has 1 amide bonds. The fourth-order valence-corrected chi connectivity index (χ4v) is 4.15. The van der Waals surface area contributed by atoms with Crippen molar-refractivity contribution in [3.63, 3.8) is 0 Å². The van der Waals surface area contributed by atoms with Crippen molar-refractivity contribution in [1.82, 2.24) is 9.88 Å². The quantitative estimate of drug-likeness (QED) is 0.865. The van der Waals surface area contributed by atoms with Crippen molar-refractivity contribution >= 4 is 5.91 Å². The van der Waals surface area contributed by atoms with E-state index in [9.17, 15) is 9.90 Å². The number of benzene rings is 1. The lowest BCUT2D eigenvalue weighted by Crippen LogP contribution is -2.48. The first-order valence-electron chi connectivity index (χ1n) is 9.37. The third kappa shape index (κ3) is 2.90. The van der Waals surface area contributed by atoms with Crippen LogP contribution in [0.2, 0.25) is 0 Å². The summed E-state index contributed by atoms with van der Waals surface area (Å²) in [5.74, 6) is 1.28. The van der Waals surface area contributed by atoms with Gasteiger partial charge in [0.25, 0.3) is 5.91 Å². The summed E-state index contributed by atoms with van der Waals surface area (Å²) < 4.78 is 5.21. The Hall–Kier alpha value is -2.27. The molecular formula is C21H26N2O3. The van der Waals surface area contributed by atoms with E-state index in [0.29, 0.717) is 12.5 Å². The molecule has 2 heterocycles. The Balaban J connectivity index is 1.60. The van der Waals surface area contributed by atoms with Crippen LogP contribution in [0.4, 0.5) is 0 Å². The van der Waals surface area contributed by atoms with Gasteiger partial charge in [0.05, 0.1) is 18.7 Å². The summed E-state index contributed by atoms with van der Waals surface area (Å²) in [5.41, 5.74) is 1.53. The van der Waals surface area contributed by atoms with Gasteiger partial charge in [-0.05, 0) is 62.3 Å². The van der Waals surface area contributed by atoms with Crippen LogP contribution < -0.4 is 4.74 Å². The minimum atomic E-state index is -1.10. The van der Waals surface area contributed by atoms with E-state index < -0.39 is 5.60 Å². The predicted molar refractivity (Wildman–Crippen MR) is 99.4 cm³/mol. The maximum absolute atomic E-state index is 13.2. The summed E-state index contributed by atoms with van der Waals surface area (Å²) in [6.07, 6.45) is 5.86. The van der Waals surface area contributed by atoms with Gasteiger partial charge in [-0.2, -0.15) is 0 Å². The van der Waals surface area contributed by atoms with E-state index >= 15 is 0 Å². The van der Waals surface area contributed by atoms with Crippen molar-refractivity contribution in [2.24, 2.45) is 0 Å². The molecule has 2 unspecified atom stereocenters. The summed E-state index contributed by atoms with van der Waals surface area (Å²) in [4.78, 5) is 18.3. The normalized spacial score (nSPS) is 22.3. The van der Waals surface area contributed by atoms with Crippen LogP contribution in [-0.4, -0.2) is 40.6 Å². The number of likely N-dealkylation sites (tertiary alicyclic amines) is 1. The number of carbonyl (C=O) groups is 1. The number of nitrogens with zero attached hydrogens (tertiary/aromatic N) is 1. The highest BCUT2D eigenvalue weighted by molar-refractivity contribution is 5.96. The van der Waals surface area contributed by atoms with E-state index in [-0.39, 0.29) is 11.9 Å². The number of aromatic amines is 1. The molecule has 5 heteroatoms. The van der Waals surface area contributed by atoms with Crippen LogP contribution >= 0.6 is 0 Å². The number of nitrogens with one attached hydrogen (secondary N) is 1. The molecule has 138 valence electrons. The molecule has 1 aromatic carbocycles. The van der Waals surface area contributed by atoms with Gasteiger partial charge >= 0.3 is 0 Å². The van der Waals surface area contributed by atoms with Gasteiger partial charge in [0, 0.05) is 18.4 Å². The molecule has 1 saturated carbocycles. The van der Waals surface area contributed by atoms with Gasteiger partial charge in [-0.25, -0.2) is 0 Å². The summed E-state index contributed by atoms with van der Waals surface area (Å²) in [6, 6.07) is 9.11. The minimum Gasteiger partial charge on any atom is -0.497 e. The Morgan fingerprint density at radius 3 is 2.62 bits per heavy atom. The van der Waals surface area contributed by atoms with Crippen molar-refractivity contribution in [1.29, 1.82) is 0 Å². The summed E-state index contributed by atoms with van der Waals surface area (Å²) in [6.45, 7) is 2.50. The number of rotatable bonds is 5. The molecule has 4 rings (SSSR count). The molecule has 26 heavy (non-hydrogen) atoms. The van der Waals surface area contributed by atoms with Gasteiger partial charge in [0.1, 0.15) is 11.4 Å². The molecule has 2 atom stereocenters. The molecule has 2 aromatic rings. The molecule has 2 N–H and O–H groups in total. The highest BCUT2D eigenvalue weighted by atomic mass is 16.5. The van der Waals surface area contributed by atoms with Crippen LogP contribution in [0.15, 0.2) is 36.5 Å². The van der Waals surface area contributed by atoms with Crippen LogP contribution in [0.3, 0.4) is 0 Å². The molecular weight excluding hydrogens is 328 g/mol. The molecule has 2 aliphatic rings. The topological polar surface area (TPSA) is 65.6 Å². The number of methoxy groups -OCH3 is 1. The maximum atomic E-state index is 13.2. The number of hydrogen-bond acceptors (Lipinski definition) is 3. The van der Waals surface area contributed by atoms with Gasteiger partial charge in [-0.3, -0.25) is 4.79 Å². The first-order chi connectivity index (χ1) is 12.5. The zero-order chi connectivity index (χ0) is 18.3. The molecule has 0 bridgehead atoms. The Morgan fingerprint density at radius 2 is 1.96 bits per heavy atom. The van der Waals surface area contributed by atoms with Crippen LogP contribution in [-0.2, 0) is 5.60 Å². The number of aromatic nitrogens is 1. The average Bonchev–Trinajstić information content (AvgIpc) is 3.18. The standard InChI is InChI=1S/C21H26N2O3/c1-21(25,15-7-9-16(26-2)10-8-15)18-4-3-13-23(18)20(24)17-11-12-22-19(17)14-5-6-14/h7-12,14,18,22,25H,3-6,13H2,1-2H3. The van der Waals surface area contributed by atoms with Gasteiger partial charge < -0.3 is 19.7 Å². The van der Waals surface area contributed by atoms with Gasteiger partial charge in [-0.15, -0.1) is 0 Å². The summed E-state index contributed by atoms with van der Waals surface area (Å²) in [5, 5.41) is 11.3. The van der Waals surface area contributed by atoms with Crippen molar-refractivity contribution in [3.8, 4) is 5.75 Å². The summed E-state index contributed by atoms with van der Waals surface area (Å²) in [7, 11) is 1.62. The van der Waals surface area contributed by atoms with Crippen LogP contribution in [0.25, 0.3) is 0 Å². The third-order valence-electron chi connectivity index (χ3n) is 5.83. The number of ether oxygens (including phenoxy) is 1. The lowest BCUT2D eigenvalue weighted by molar-refractivity contribution is -0.0177. The molecule has 5 nitrogen and oxygen atoms in total. The molecule has 1 saturated heterocycles. The Kier molecular flexibility index (Phi) is 4.27. The first-order valence-corrected chi connectivity index (χ1v) is 9.37. The average molecular weight is 354 g/mol. The van der Waals surface area contributed by atoms with Gasteiger partial charge in [0.2, 0.25) is 0 Å². The zero-order valence-corrected chi connectivity index (χ0v) is 15.4. The predicted octanol–water partition coefficient (Wildman–Crippen LogP) is 3.41. The van der Waals surface area contributed by atoms with Gasteiger partial charge in [-0.1, -0.05) is 12.1 Å². The van der Waals surface area contributed by atoms with E-state index in [1.165, 1.54) is 0 Å². The maximum Gasteiger partial charge on any atom is 0.256 e. The second kappa shape index (κ2) is 6.47. The number of amides is 1. The number of hydrogen-bond donors (Lipinski definition) is 2. The Labute approximate surface area is 154 Å². The monoisotopic (exact) mass is 354 g/mol. The third-order valence-corrected chi connectivity index (χ3v) is 5.83. The molecule has 1 aromatic heterocycles. The first kappa shape index (κ1) is 17.2. The van der Waals surface area contributed by atoms with Crippen molar-refractivity contribution in [2.45, 2.75) is 50.2 Å².